The quantitative estimate of drug-likeness (QED) is 0.821. The molecule has 1 heterocycles. The number of hydrogen-bond donors (Lipinski definition) is 1. The van der Waals surface area contributed by atoms with E-state index < -0.39 is 11.2 Å². The third-order valence-corrected chi connectivity index (χ3v) is 3.39. The van der Waals surface area contributed by atoms with Gasteiger partial charge >= 0.3 is 5.69 Å². The number of rotatable bonds is 1. The molecule has 0 spiro atoms. The molecule has 6 heteroatoms. The molecule has 0 atom stereocenters. The molecule has 0 amide bonds. The van der Waals surface area contributed by atoms with Crippen LogP contribution in [0.3, 0.4) is 0 Å². The summed E-state index contributed by atoms with van der Waals surface area (Å²) < 4.78 is 1.95. The van der Waals surface area contributed by atoms with Crippen LogP contribution in [0.1, 0.15) is 5.56 Å². The zero-order chi connectivity index (χ0) is 12.6. The first-order chi connectivity index (χ1) is 7.99. The molecule has 0 aliphatic carbocycles. The lowest BCUT2D eigenvalue weighted by Crippen LogP contribution is -2.32. The third kappa shape index (κ3) is 2.35. The molecule has 1 aromatic heterocycles. The van der Waals surface area contributed by atoms with Gasteiger partial charge in [-0.2, -0.15) is 0 Å². The van der Waals surface area contributed by atoms with E-state index in [2.05, 4.69) is 20.9 Å². The highest BCUT2D eigenvalue weighted by atomic mass is 79.9. The van der Waals surface area contributed by atoms with Crippen LogP contribution in [-0.2, 0) is 0 Å². The van der Waals surface area contributed by atoms with Gasteiger partial charge in [-0.05, 0) is 30.7 Å². The van der Waals surface area contributed by atoms with Crippen molar-refractivity contribution in [3.05, 3.63) is 60.3 Å². The molecule has 1 N–H and O–H groups in total. The molecule has 0 saturated carbocycles. The lowest BCUT2D eigenvalue weighted by molar-refractivity contribution is 0.874. The fraction of sp³-hybridized carbons (Fsp3) is 0.0909. The summed E-state index contributed by atoms with van der Waals surface area (Å²) >= 11 is 8.95. The summed E-state index contributed by atoms with van der Waals surface area (Å²) in [6.45, 7) is 1.88. The summed E-state index contributed by atoms with van der Waals surface area (Å²) in [5.41, 5.74) is 0.432. The van der Waals surface area contributed by atoms with Crippen molar-refractivity contribution in [3.63, 3.8) is 0 Å². The Morgan fingerprint density at radius 2 is 2.00 bits per heavy atom. The van der Waals surface area contributed by atoms with Crippen LogP contribution in [0.15, 0.2) is 38.3 Å². The second kappa shape index (κ2) is 4.50. The first-order valence-electron chi connectivity index (χ1n) is 4.77. The Labute approximate surface area is 110 Å². The van der Waals surface area contributed by atoms with Crippen molar-refractivity contribution < 1.29 is 0 Å². The van der Waals surface area contributed by atoms with Gasteiger partial charge < -0.3 is 0 Å². The minimum absolute atomic E-state index is 0.0325. The van der Waals surface area contributed by atoms with E-state index in [1.807, 2.05) is 6.92 Å². The van der Waals surface area contributed by atoms with Gasteiger partial charge in [0.15, 0.2) is 0 Å². The van der Waals surface area contributed by atoms with E-state index in [0.29, 0.717) is 5.69 Å². The van der Waals surface area contributed by atoms with Gasteiger partial charge in [0.25, 0.3) is 5.56 Å². The number of benzene rings is 1. The molecule has 0 aliphatic rings. The predicted molar refractivity (Wildman–Crippen MR) is 70.1 cm³/mol. The number of halogens is 2. The number of nitrogens with zero attached hydrogens (tertiary/aromatic N) is 1. The summed E-state index contributed by atoms with van der Waals surface area (Å²) in [4.78, 5) is 25.7. The minimum Gasteiger partial charge on any atom is -0.297 e. The average molecular weight is 316 g/mol. The molecule has 88 valence electrons. The first-order valence-corrected chi connectivity index (χ1v) is 5.94. The molecule has 1 aromatic carbocycles. The van der Waals surface area contributed by atoms with Crippen molar-refractivity contribution in [2.75, 3.05) is 0 Å². The van der Waals surface area contributed by atoms with Crippen LogP contribution in [0.25, 0.3) is 5.69 Å². The Bertz CT molecular complexity index is 659. The van der Waals surface area contributed by atoms with E-state index in [9.17, 15) is 9.59 Å². The van der Waals surface area contributed by atoms with Gasteiger partial charge in [0.1, 0.15) is 5.15 Å². The Hall–Kier alpha value is -1.33. The molecule has 0 unspecified atom stereocenters. The Balaban J connectivity index is 2.73. The second-order valence-corrected chi connectivity index (χ2v) is 4.79. The van der Waals surface area contributed by atoms with Crippen LogP contribution in [0.4, 0.5) is 0 Å². The molecule has 0 fully saturated rings. The normalized spacial score (nSPS) is 10.5. The van der Waals surface area contributed by atoms with Crippen molar-refractivity contribution in [1.82, 2.24) is 9.55 Å². The third-order valence-electron chi connectivity index (χ3n) is 2.30. The highest BCUT2D eigenvalue weighted by Crippen LogP contribution is 2.18. The Morgan fingerprint density at radius 1 is 1.29 bits per heavy atom. The molecule has 0 aliphatic heterocycles. The summed E-state index contributed by atoms with van der Waals surface area (Å²) in [5, 5.41) is 0.0325. The van der Waals surface area contributed by atoms with Crippen molar-refractivity contribution in [1.29, 1.82) is 0 Å². The Morgan fingerprint density at radius 3 is 2.59 bits per heavy atom. The van der Waals surface area contributed by atoms with Crippen LogP contribution in [0.2, 0.25) is 5.15 Å². The summed E-state index contributed by atoms with van der Waals surface area (Å²) in [6.07, 6.45) is 0. The Kier molecular flexibility index (Phi) is 3.22. The van der Waals surface area contributed by atoms with Gasteiger partial charge in [-0.25, -0.2) is 9.36 Å². The highest BCUT2D eigenvalue weighted by molar-refractivity contribution is 9.10. The maximum atomic E-state index is 11.7. The zero-order valence-corrected chi connectivity index (χ0v) is 11.2. The van der Waals surface area contributed by atoms with E-state index in [0.717, 1.165) is 14.6 Å². The molecule has 0 saturated heterocycles. The lowest BCUT2D eigenvalue weighted by Gasteiger charge is -2.06. The molecule has 0 bridgehead atoms. The van der Waals surface area contributed by atoms with Crippen LogP contribution in [0.5, 0.6) is 0 Å². The van der Waals surface area contributed by atoms with Crippen molar-refractivity contribution in [2.24, 2.45) is 0 Å². The van der Waals surface area contributed by atoms with Crippen molar-refractivity contribution in [3.8, 4) is 5.69 Å². The second-order valence-electron chi connectivity index (χ2n) is 3.53. The molecule has 4 nitrogen and oxygen atoms in total. The topological polar surface area (TPSA) is 54.9 Å². The largest absolute Gasteiger partial charge is 0.334 e. The smallest absolute Gasteiger partial charge is 0.297 e. The van der Waals surface area contributed by atoms with Gasteiger partial charge in [-0.15, -0.1) is 0 Å². The number of aromatic amines is 1. The van der Waals surface area contributed by atoms with Crippen LogP contribution in [-0.4, -0.2) is 9.55 Å². The summed E-state index contributed by atoms with van der Waals surface area (Å²) in [6, 6.07) is 6.38. The molecular formula is C11H8BrClN2O2. The SMILES string of the molecule is Cc1cc(-n2c(=O)cc(Cl)[nH]c2=O)ccc1Br. The molecule has 2 aromatic rings. The van der Waals surface area contributed by atoms with Gasteiger partial charge in [-0.3, -0.25) is 9.78 Å². The maximum Gasteiger partial charge on any atom is 0.334 e. The zero-order valence-electron chi connectivity index (χ0n) is 8.83. The summed E-state index contributed by atoms with van der Waals surface area (Å²) in [5.74, 6) is 0. The fourth-order valence-electron chi connectivity index (χ4n) is 1.48. The van der Waals surface area contributed by atoms with E-state index in [1.165, 1.54) is 6.07 Å². The molecule has 2 rings (SSSR count). The van der Waals surface area contributed by atoms with Gasteiger partial charge in [0, 0.05) is 10.5 Å². The number of nitrogens with one attached hydrogen (secondary N) is 1. The van der Waals surface area contributed by atoms with E-state index in [1.54, 1.807) is 18.2 Å². The average Bonchev–Trinajstić information content (AvgIpc) is 2.21. The molecule has 17 heavy (non-hydrogen) atoms. The number of aryl methyl sites for hydroxylation is 1. The van der Waals surface area contributed by atoms with Gasteiger partial charge in [0.2, 0.25) is 0 Å². The van der Waals surface area contributed by atoms with Crippen LogP contribution < -0.4 is 11.2 Å². The lowest BCUT2D eigenvalue weighted by atomic mass is 10.2. The van der Waals surface area contributed by atoms with Crippen molar-refractivity contribution >= 4 is 27.5 Å². The first kappa shape index (κ1) is 12.1. The maximum absolute atomic E-state index is 11.7. The number of H-pyrrole nitrogens is 1. The van der Waals surface area contributed by atoms with E-state index in [4.69, 9.17) is 11.6 Å². The van der Waals surface area contributed by atoms with Gasteiger partial charge in [0.05, 0.1) is 5.69 Å². The van der Waals surface area contributed by atoms with Gasteiger partial charge in [-0.1, -0.05) is 27.5 Å². The fourth-order valence-corrected chi connectivity index (χ4v) is 1.90. The number of aromatic nitrogens is 2. The van der Waals surface area contributed by atoms with E-state index >= 15 is 0 Å². The predicted octanol–water partition coefficient (Wildman–Crippen LogP) is 2.25. The van der Waals surface area contributed by atoms with Crippen LogP contribution in [0, 0.1) is 6.92 Å². The van der Waals surface area contributed by atoms with Crippen molar-refractivity contribution in [2.45, 2.75) is 6.92 Å². The molecular weight excluding hydrogens is 307 g/mol. The monoisotopic (exact) mass is 314 g/mol. The highest BCUT2D eigenvalue weighted by Gasteiger charge is 2.06. The summed E-state index contributed by atoms with van der Waals surface area (Å²) in [7, 11) is 0. The number of hydrogen-bond acceptors (Lipinski definition) is 2. The minimum atomic E-state index is -0.552. The van der Waals surface area contributed by atoms with E-state index in [-0.39, 0.29) is 5.15 Å². The molecule has 0 radical (unpaired) electrons. The van der Waals surface area contributed by atoms with Crippen LogP contribution >= 0.6 is 27.5 Å². The standard InChI is InChI=1S/C11H8BrClN2O2/c1-6-4-7(2-3-8(6)12)15-10(16)5-9(13)14-11(15)17/h2-5H,1H3,(H,14,17).